The molecule has 2 aromatic rings. The SMILES string of the molecule is CNC[C@H]1CCCN1C(=O)c1cc2cc(C)ccc2nc1C. The van der Waals surface area contributed by atoms with E-state index < -0.39 is 0 Å². The molecule has 2 heterocycles. The summed E-state index contributed by atoms with van der Waals surface area (Å²) in [4.78, 5) is 19.6. The van der Waals surface area contributed by atoms with Crippen molar-refractivity contribution < 1.29 is 4.79 Å². The van der Waals surface area contributed by atoms with Gasteiger partial charge in [-0.25, -0.2) is 0 Å². The number of nitrogens with zero attached hydrogens (tertiary/aromatic N) is 2. The third-order valence-electron chi connectivity index (χ3n) is 4.47. The average Bonchev–Trinajstić information content (AvgIpc) is 2.95. The van der Waals surface area contributed by atoms with Crippen LogP contribution in [-0.2, 0) is 0 Å². The van der Waals surface area contributed by atoms with Crippen molar-refractivity contribution in [2.45, 2.75) is 32.7 Å². The number of benzene rings is 1. The summed E-state index contributed by atoms with van der Waals surface area (Å²) >= 11 is 0. The highest BCUT2D eigenvalue weighted by Crippen LogP contribution is 2.23. The topological polar surface area (TPSA) is 45.2 Å². The number of carbonyl (C=O) groups excluding carboxylic acids is 1. The van der Waals surface area contributed by atoms with Crippen molar-refractivity contribution in [2.75, 3.05) is 20.1 Å². The van der Waals surface area contributed by atoms with Gasteiger partial charge >= 0.3 is 0 Å². The van der Waals surface area contributed by atoms with E-state index in [1.807, 2.05) is 31.0 Å². The number of aryl methyl sites for hydroxylation is 2. The summed E-state index contributed by atoms with van der Waals surface area (Å²) in [7, 11) is 1.94. The molecule has 0 aliphatic carbocycles. The van der Waals surface area contributed by atoms with E-state index in [0.29, 0.717) is 6.04 Å². The highest BCUT2D eigenvalue weighted by Gasteiger charge is 2.29. The van der Waals surface area contributed by atoms with Gasteiger partial charge in [-0.3, -0.25) is 9.78 Å². The van der Waals surface area contributed by atoms with Gasteiger partial charge in [-0.05, 0) is 51.9 Å². The summed E-state index contributed by atoms with van der Waals surface area (Å²) in [6.45, 7) is 5.68. The number of hydrogen-bond donors (Lipinski definition) is 1. The lowest BCUT2D eigenvalue weighted by molar-refractivity contribution is 0.0736. The molecule has 1 aliphatic heterocycles. The van der Waals surface area contributed by atoms with Crippen LogP contribution in [-0.4, -0.2) is 42.0 Å². The minimum absolute atomic E-state index is 0.117. The minimum atomic E-state index is 0.117. The van der Waals surface area contributed by atoms with Gasteiger partial charge in [0.1, 0.15) is 0 Å². The van der Waals surface area contributed by atoms with Crippen LogP contribution < -0.4 is 5.32 Å². The molecule has 0 unspecified atom stereocenters. The van der Waals surface area contributed by atoms with Crippen molar-refractivity contribution in [3.05, 3.63) is 41.1 Å². The average molecular weight is 297 g/mol. The fourth-order valence-electron chi connectivity index (χ4n) is 3.31. The van der Waals surface area contributed by atoms with Crippen LogP contribution in [0.25, 0.3) is 10.9 Å². The molecule has 116 valence electrons. The first-order valence-electron chi connectivity index (χ1n) is 7.93. The predicted molar refractivity (Wildman–Crippen MR) is 89.2 cm³/mol. The Balaban J connectivity index is 1.98. The molecule has 22 heavy (non-hydrogen) atoms. The van der Waals surface area contributed by atoms with E-state index in [-0.39, 0.29) is 5.91 Å². The summed E-state index contributed by atoms with van der Waals surface area (Å²) in [6, 6.07) is 8.46. The molecule has 4 nitrogen and oxygen atoms in total. The maximum absolute atomic E-state index is 12.9. The number of likely N-dealkylation sites (N-methyl/N-ethyl adjacent to an activating group) is 1. The van der Waals surface area contributed by atoms with Crippen LogP contribution >= 0.6 is 0 Å². The molecule has 3 rings (SSSR count). The van der Waals surface area contributed by atoms with Crippen molar-refractivity contribution >= 4 is 16.8 Å². The number of hydrogen-bond acceptors (Lipinski definition) is 3. The quantitative estimate of drug-likeness (QED) is 0.947. The maximum Gasteiger partial charge on any atom is 0.256 e. The number of nitrogens with one attached hydrogen (secondary N) is 1. The van der Waals surface area contributed by atoms with E-state index in [4.69, 9.17) is 0 Å². The number of amides is 1. The zero-order valence-corrected chi connectivity index (χ0v) is 13.5. The molecule has 0 saturated carbocycles. The highest BCUT2D eigenvalue weighted by atomic mass is 16.2. The molecule has 1 amide bonds. The zero-order valence-electron chi connectivity index (χ0n) is 13.5. The van der Waals surface area contributed by atoms with Crippen LogP contribution in [0.3, 0.4) is 0 Å². The Morgan fingerprint density at radius 2 is 2.18 bits per heavy atom. The number of aromatic nitrogens is 1. The second-order valence-electron chi connectivity index (χ2n) is 6.17. The molecule has 1 fully saturated rings. The molecule has 0 spiro atoms. The molecule has 1 aliphatic rings. The van der Waals surface area contributed by atoms with Gasteiger partial charge in [0.15, 0.2) is 0 Å². The molecule has 4 heteroatoms. The molecule has 1 atom stereocenters. The van der Waals surface area contributed by atoms with Crippen molar-refractivity contribution in [2.24, 2.45) is 0 Å². The Bertz CT molecular complexity index is 711. The standard InChI is InChI=1S/C18H23N3O/c1-12-6-7-17-14(9-12)10-16(13(2)20-17)18(22)21-8-4-5-15(21)11-19-3/h6-7,9-10,15,19H,4-5,8,11H2,1-3H3/t15-/m1/s1. The van der Waals surface area contributed by atoms with Crippen LogP contribution in [0.15, 0.2) is 24.3 Å². The normalized spacial score (nSPS) is 18.1. The molecule has 1 saturated heterocycles. The van der Waals surface area contributed by atoms with Crippen molar-refractivity contribution in [1.29, 1.82) is 0 Å². The van der Waals surface area contributed by atoms with E-state index >= 15 is 0 Å². The molecule has 1 N–H and O–H groups in total. The van der Waals surface area contributed by atoms with Gasteiger partial charge in [0.05, 0.1) is 16.8 Å². The first-order chi connectivity index (χ1) is 10.6. The monoisotopic (exact) mass is 297 g/mol. The summed E-state index contributed by atoms with van der Waals surface area (Å²) in [5, 5.41) is 4.23. The van der Waals surface area contributed by atoms with Gasteiger partial charge in [0, 0.05) is 24.5 Å². The largest absolute Gasteiger partial charge is 0.334 e. The summed E-state index contributed by atoms with van der Waals surface area (Å²) in [6.07, 6.45) is 2.16. The predicted octanol–water partition coefficient (Wildman–Crippen LogP) is 2.68. The molecular formula is C18H23N3O. The maximum atomic E-state index is 12.9. The van der Waals surface area contributed by atoms with Crippen LogP contribution in [0.4, 0.5) is 0 Å². The minimum Gasteiger partial charge on any atom is -0.334 e. The molecule has 1 aromatic carbocycles. The smallest absolute Gasteiger partial charge is 0.256 e. The van der Waals surface area contributed by atoms with E-state index in [1.54, 1.807) is 0 Å². The van der Waals surface area contributed by atoms with Gasteiger partial charge in [-0.15, -0.1) is 0 Å². The van der Waals surface area contributed by atoms with E-state index in [1.165, 1.54) is 5.56 Å². The number of fused-ring (bicyclic) bond motifs is 1. The Hall–Kier alpha value is -1.94. The first kappa shape index (κ1) is 15.0. The number of pyridine rings is 1. The third-order valence-corrected chi connectivity index (χ3v) is 4.47. The van der Waals surface area contributed by atoms with E-state index in [2.05, 4.69) is 29.4 Å². The second kappa shape index (κ2) is 6.05. The van der Waals surface area contributed by atoms with Gasteiger partial charge in [0.2, 0.25) is 0 Å². The van der Waals surface area contributed by atoms with Gasteiger partial charge < -0.3 is 10.2 Å². The van der Waals surface area contributed by atoms with Crippen molar-refractivity contribution in [3.63, 3.8) is 0 Å². The van der Waals surface area contributed by atoms with Gasteiger partial charge in [-0.1, -0.05) is 11.6 Å². The molecule has 0 bridgehead atoms. The summed E-state index contributed by atoms with van der Waals surface area (Å²) in [5.74, 6) is 0.117. The Morgan fingerprint density at radius 1 is 1.36 bits per heavy atom. The second-order valence-corrected chi connectivity index (χ2v) is 6.17. The van der Waals surface area contributed by atoms with Crippen LogP contribution in [0, 0.1) is 13.8 Å². The van der Waals surface area contributed by atoms with Crippen molar-refractivity contribution in [3.8, 4) is 0 Å². The number of carbonyl (C=O) groups is 1. The van der Waals surface area contributed by atoms with Gasteiger partial charge in [0.25, 0.3) is 5.91 Å². The van der Waals surface area contributed by atoms with Crippen LogP contribution in [0.2, 0.25) is 0 Å². The van der Waals surface area contributed by atoms with E-state index in [9.17, 15) is 4.79 Å². The Kier molecular flexibility index (Phi) is 4.12. The fourth-order valence-corrected chi connectivity index (χ4v) is 3.31. The fraction of sp³-hybridized carbons (Fsp3) is 0.444. The Morgan fingerprint density at radius 3 is 2.95 bits per heavy atom. The number of rotatable bonds is 3. The van der Waals surface area contributed by atoms with Crippen molar-refractivity contribution in [1.82, 2.24) is 15.2 Å². The molecule has 1 aromatic heterocycles. The summed E-state index contributed by atoms with van der Waals surface area (Å²) < 4.78 is 0. The van der Waals surface area contributed by atoms with E-state index in [0.717, 1.165) is 48.1 Å². The van der Waals surface area contributed by atoms with Gasteiger partial charge in [-0.2, -0.15) is 0 Å². The highest BCUT2D eigenvalue weighted by molar-refractivity contribution is 5.99. The first-order valence-corrected chi connectivity index (χ1v) is 7.93. The molecular weight excluding hydrogens is 274 g/mol. The third kappa shape index (κ3) is 2.71. The lowest BCUT2D eigenvalue weighted by Gasteiger charge is -2.25. The number of likely N-dealkylation sites (tertiary alicyclic amines) is 1. The lowest BCUT2D eigenvalue weighted by atomic mass is 10.1. The van der Waals surface area contributed by atoms with Crippen LogP contribution in [0.5, 0.6) is 0 Å². The summed E-state index contributed by atoms with van der Waals surface area (Å²) in [5.41, 5.74) is 3.69. The Labute approximate surface area is 131 Å². The van der Waals surface area contributed by atoms with Crippen LogP contribution in [0.1, 0.15) is 34.5 Å². The lowest BCUT2D eigenvalue weighted by Crippen LogP contribution is -2.41. The molecule has 0 radical (unpaired) electrons. The zero-order chi connectivity index (χ0) is 15.7.